The number of hydrogen-bond donors (Lipinski definition) is 8. The van der Waals surface area contributed by atoms with Crippen molar-refractivity contribution in [1.29, 1.82) is 0 Å². The maximum Gasteiger partial charge on any atom is 0.312 e. The number of hydrogen-bond acceptors (Lipinski definition) is 14. The van der Waals surface area contributed by atoms with Crippen LogP contribution in [0, 0.1) is 17.8 Å². The van der Waals surface area contributed by atoms with Crippen LogP contribution < -0.4 is 15.4 Å². The topological polar surface area (TPSA) is 203 Å². The Morgan fingerprint density at radius 3 is 2.33 bits per heavy atom. The molecule has 0 aromatic heterocycles. The number of nitrogens with zero attached hydrogens (tertiary/aromatic N) is 1. The molecular weight excluding hydrogens is 674 g/mol. The zero-order valence-electron chi connectivity index (χ0n) is 33.0. The van der Waals surface area contributed by atoms with E-state index in [0.29, 0.717) is 13.0 Å². The number of rotatable bonds is 9. The van der Waals surface area contributed by atoms with Gasteiger partial charge in [-0.25, -0.2) is 0 Å². The molecule has 14 nitrogen and oxygen atoms in total. The fourth-order valence-electron chi connectivity index (χ4n) is 7.96. The number of ether oxygens (including phenoxy) is 4. The van der Waals surface area contributed by atoms with E-state index in [-0.39, 0.29) is 55.5 Å². The molecule has 2 saturated heterocycles. The number of cyclic esters (lactones) is 1. The Labute approximate surface area is 309 Å². The van der Waals surface area contributed by atoms with Crippen molar-refractivity contribution in [2.75, 3.05) is 34.3 Å². The summed E-state index contributed by atoms with van der Waals surface area (Å²) < 4.78 is 23.9. The lowest BCUT2D eigenvalue weighted by Gasteiger charge is -2.49. The van der Waals surface area contributed by atoms with E-state index < -0.39 is 71.4 Å². The Morgan fingerprint density at radius 2 is 1.73 bits per heavy atom. The molecule has 1 unspecified atom stereocenters. The number of carbonyl (C=O) groups is 1. The molecule has 1 aromatic carbocycles. The summed E-state index contributed by atoms with van der Waals surface area (Å²) in [7, 11) is 5.17. The standard InChI is InChI=1S/C38H67N3O11/c1-12-30-37(8,47)32(44)25(6)40-18-21(2)17-36(7,46)33(52-35-31(43)27(41(9)10)15-22(3)50-35)23(4)38(48,24(5)34(45)51-30)20-39-19-26-13-14-28(42)29(16-26)49-11/h13-14,16,21-25,27,30-33,35,39-40,42-44,46-48H,12,15,17-20H2,1-11H3/t21-,22-,23-,24?,25-,27+,30-,31-,32-,33-,35+,36+,37-,38-/m1/s1. The van der Waals surface area contributed by atoms with Gasteiger partial charge in [-0.2, -0.15) is 0 Å². The maximum atomic E-state index is 14.1. The van der Waals surface area contributed by atoms with Crippen LogP contribution in [0.5, 0.6) is 11.5 Å². The second-order valence-electron chi connectivity index (χ2n) is 16.1. The van der Waals surface area contributed by atoms with Gasteiger partial charge in [-0.1, -0.05) is 26.8 Å². The molecule has 0 saturated carbocycles. The second kappa shape index (κ2) is 18.0. The summed E-state index contributed by atoms with van der Waals surface area (Å²) in [5, 5.41) is 76.1. The zero-order chi connectivity index (χ0) is 39.3. The van der Waals surface area contributed by atoms with E-state index in [2.05, 4.69) is 10.6 Å². The number of aliphatic hydroxyl groups excluding tert-OH is 2. The molecule has 14 heteroatoms. The molecule has 0 amide bonds. The van der Waals surface area contributed by atoms with Crippen molar-refractivity contribution in [2.24, 2.45) is 17.8 Å². The molecule has 300 valence electrons. The highest BCUT2D eigenvalue weighted by Crippen LogP contribution is 2.40. The Kier molecular flexibility index (Phi) is 15.3. The first kappa shape index (κ1) is 44.3. The van der Waals surface area contributed by atoms with Gasteiger partial charge < -0.3 is 65.1 Å². The lowest BCUT2D eigenvalue weighted by atomic mass is 9.70. The van der Waals surface area contributed by atoms with Crippen LogP contribution in [0.2, 0.25) is 0 Å². The fraction of sp³-hybridized carbons (Fsp3) is 0.816. The van der Waals surface area contributed by atoms with Crippen molar-refractivity contribution >= 4 is 5.97 Å². The molecule has 0 radical (unpaired) electrons. The van der Waals surface area contributed by atoms with Gasteiger partial charge in [0.15, 0.2) is 17.8 Å². The molecule has 0 spiro atoms. The van der Waals surface area contributed by atoms with Crippen LogP contribution >= 0.6 is 0 Å². The molecule has 52 heavy (non-hydrogen) atoms. The van der Waals surface area contributed by atoms with E-state index >= 15 is 0 Å². The predicted octanol–water partition coefficient (Wildman–Crippen LogP) is 1.51. The van der Waals surface area contributed by atoms with Crippen molar-refractivity contribution in [1.82, 2.24) is 15.5 Å². The number of phenols is 1. The summed E-state index contributed by atoms with van der Waals surface area (Å²) in [6.45, 7) is 13.9. The first-order chi connectivity index (χ1) is 24.1. The van der Waals surface area contributed by atoms with Crippen molar-refractivity contribution in [3.05, 3.63) is 23.8 Å². The molecular formula is C38H67N3O11. The van der Waals surface area contributed by atoms with Crippen LogP contribution in [-0.4, -0.2) is 141 Å². The van der Waals surface area contributed by atoms with Crippen LogP contribution in [0.1, 0.15) is 80.2 Å². The molecule has 3 rings (SSSR count). The van der Waals surface area contributed by atoms with E-state index in [1.807, 2.05) is 32.8 Å². The Morgan fingerprint density at radius 1 is 1.08 bits per heavy atom. The van der Waals surface area contributed by atoms with Gasteiger partial charge >= 0.3 is 5.97 Å². The third-order valence-corrected chi connectivity index (χ3v) is 11.4. The first-order valence-electron chi connectivity index (χ1n) is 18.6. The van der Waals surface area contributed by atoms with Crippen molar-refractivity contribution in [3.63, 3.8) is 0 Å². The molecule has 2 aliphatic rings. The number of esters is 1. The molecule has 0 aliphatic carbocycles. The van der Waals surface area contributed by atoms with Crippen LogP contribution in [0.3, 0.4) is 0 Å². The number of aromatic hydroxyl groups is 1. The minimum atomic E-state index is -1.96. The monoisotopic (exact) mass is 741 g/mol. The van der Waals surface area contributed by atoms with Gasteiger partial charge in [0, 0.05) is 31.1 Å². The average molecular weight is 742 g/mol. The minimum absolute atomic E-state index is 0.0258. The molecule has 0 bridgehead atoms. The quantitative estimate of drug-likeness (QED) is 0.169. The van der Waals surface area contributed by atoms with Gasteiger partial charge in [0.05, 0.1) is 36.4 Å². The van der Waals surface area contributed by atoms with Crippen LogP contribution in [0.15, 0.2) is 18.2 Å². The highest BCUT2D eigenvalue weighted by atomic mass is 16.7. The van der Waals surface area contributed by atoms with Crippen molar-refractivity contribution in [2.45, 2.75) is 147 Å². The van der Waals surface area contributed by atoms with Gasteiger partial charge in [-0.15, -0.1) is 0 Å². The van der Waals surface area contributed by atoms with Crippen LogP contribution in [-0.2, 0) is 25.5 Å². The highest BCUT2D eigenvalue weighted by molar-refractivity contribution is 5.74. The number of aliphatic hydroxyl groups is 5. The van der Waals surface area contributed by atoms with Crippen molar-refractivity contribution < 1.29 is 54.4 Å². The third kappa shape index (κ3) is 10.1. The van der Waals surface area contributed by atoms with Gasteiger partial charge in [0.25, 0.3) is 0 Å². The van der Waals surface area contributed by atoms with E-state index in [1.165, 1.54) is 27.0 Å². The predicted molar refractivity (Wildman–Crippen MR) is 196 cm³/mol. The Bertz CT molecular complexity index is 1300. The van der Waals surface area contributed by atoms with E-state index in [9.17, 15) is 35.4 Å². The first-order valence-corrected chi connectivity index (χ1v) is 18.6. The number of methoxy groups -OCH3 is 1. The minimum Gasteiger partial charge on any atom is -0.504 e. The summed E-state index contributed by atoms with van der Waals surface area (Å²) in [4.78, 5) is 16.0. The molecule has 14 atom stereocenters. The van der Waals surface area contributed by atoms with Gasteiger partial charge in [0.2, 0.25) is 0 Å². The zero-order valence-corrected chi connectivity index (χ0v) is 33.0. The number of carbonyl (C=O) groups excluding carboxylic acids is 1. The van der Waals surface area contributed by atoms with Gasteiger partial charge in [-0.05, 0) is 98.1 Å². The van der Waals surface area contributed by atoms with E-state index in [0.717, 1.165) is 5.56 Å². The van der Waals surface area contributed by atoms with Crippen LogP contribution in [0.4, 0.5) is 0 Å². The fourth-order valence-corrected chi connectivity index (χ4v) is 7.96. The summed E-state index contributed by atoms with van der Waals surface area (Å²) >= 11 is 0. The molecule has 8 N–H and O–H groups in total. The Hall–Kier alpha value is -2.11. The van der Waals surface area contributed by atoms with E-state index in [4.69, 9.17) is 18.9 Å². The van der Waals surface area contributed by atoms with Crippen LogP contribution in [0.25, 0.3) is 0 Å². The summed E-state index contributed by atoms with van der Waals surface area (Å²) in [5.41, 5.74) is -4.71. The SMILES string of the molecule is CC[C@H]1OC(=O)C(C)[C@@](O)(CNCc2ccc(O)c(OC)c2)[C@H](C)[C@@H](O[C@@H]2O[C@H](C)C[C@H](N(C)C)[C@H]2O)[C@@](C)(O)C[C@@H](C)CN[C@H](C)[C@@H](O)[C@]1(C)O. The average Bonchev–Trinajstić information content (AvgIpc) is 3.08. The number of likely N-dealkylation sites (N-methyl/N-ethyl adjacent to an activating group) is 1. The maximum absolute atomic E-state index is 14.1. The van der Waals surface area contributed by atoms with Gasteiger partial charge in [-0.3, -0.25) is 4.79 Å². The molecule has 2 heterocycles. The normalized spacial score (nSPS) is 41.6. The second-order valence-corrected chi connectivity index (χ2v) is 16.1. The molecule has 2 fully saturated rings. The molecule has 2 aliphatic heterocycles. The Balaban J connectivity index is 2.13. The van der Waals surface area contributed by atoms with E-state index in [1.54, 1.807) is 39.8 Å². The summed E-state index contributed by atoms with van der Waals surface area (Å²) in [6, 6.07) is 3.93. The lowest BCUT2D eigenvalue weighted by Crippen LogP contribution is -2.64. The number of nitrogens with one attached hydrogen (secondary N) is 2. The third-order valence-electron chi connectivity index (χ3n) is 11.4. The lowest BCUT2D eigenvalue weighted by molar-refractivity contribution is -0.304. The molecule has 1 aromatic rings. The smallest absolute Gasteiger partial charge is 0.312 e. The number of benzene rings is 1. The van der Waals surface area contributed by atoms with Crippen molar-refractivity contribution in [3.8, 4) is 11.5 Å². The largest absolute Gasteiger partial charge is 0.504 e. The van der Waals surface area contributed by atoms with Gasteiger partial charge in [0.1, 0.15) is 23.9 Å². The highest BCUT2D eigenvalue weighted by Gasteiger charge is 2.54. The number of phenolic OH excluding ortho intramolecular Hbond substituents is 1. The summed E-state index contributed by atoms with van der Waals surface area (Å²) in [6.07, 6.45) is -5.26. The summed E-state index contributed by atoms with van der Waals surface area (Å²) in [5.74, 6) is -3.01.